The number of benzene rings is 1. The summed E-state index contributed by atoms with van der Waals surface area (Å²) in [6.07, 6.45) is 3.68. The SMILES string of the molecule is C=CC(c1ccc(C(C)C)cc1)S(=O)(=O)Nc1ncc(OC(=O)CCC)s1. The summed E-state index contributed by atoms with van der Waals surface area (Å²) in [5.41, 5.74) is 1.75. The van der Waals surface area contributed by atoms with E-state index in [4.69, 9.17) is 4.74 Å². The summed E-state index contributed by atoms with van der Waals surface area (Å²) < 4.78 is 33.1. The van der Waals surface area contributed by atoms with Crippen molar-refractivity contribution in [2.75, 3.05) is 4.72 Å². The first-order chi connectivity index (χ1) is 12.8. The quantitative estimate of drug-likeness (QED) is 0.482. The van der Waals surface area contributed by atoms with Crippen LogP contribution in [0.5, 0.6) is 5.06 Å². The van der Waals surface area contributed by atoms with Crippen LogP contribution in [0.25, 0.3) is 0 Å². The van der Waals surface area contributed by atoms with Crippen LogP contribution in [0, 0.1) is 0 Å². The van der Waals surface area contributed by atoms with E-state index < -0.39 is 15.3 Å². The Balaban J connectivity index is 2.15. The van der Waals surface area contributed by atoms with Gasteiger partial charge < -0.3 is 4.74 Å². The van der Waals surface area contributed by atoms with Crippen LogP contribution in [0.15, 0.2) is 43.1 Å². The van der Waals surface area contributed by atoms with E-state index in [0.717, 1.165) is 16.9 Å². The number of carbonyl (C=O) groups is 1. The van der Waals surface area contributed by atoms with Gasteiger partial charge in [0.1, 0.15) is 5.25 Å². The summed E-state index contributed by atoms with van der Waals surface area (Å²) in [7, 11) is -3.80. The second-order valence-electron chi connectivity index (χ2n) is 6.33. The topological polar surface area (TPSA) is 85.4 Å². The molecule has 0 spiro atoms. The smallest absolute Gasteiger partial charge is 0.312 e. The lowest BCUT2D eigenvalue weighted by molar-refractivity contribution is -0.134. The van der Waals surface area contributed by atoms with Crippen molar-refractivity contribution in [1.29, 1.82) is 0 Å². The molecule has 2 aromatic rings. The lowest BCUT2D eigenvalue weighted by Gasteiger charge is -2.15. The maximum absolute atomic E-state index is 12.8. The van der Waals surface area contributed by atoms with Crippen molar-refractivity contribution >= 4 is 32.5 Å². The van der Waals surface area contributed by atoms with Crippen LogP contribution in [-0.4, -0.2) is 19.4 Å². The largest absolute Gasteiger partial charge is 0.414 e. The molecule has 8 heteroatoms. The number of thiazole rings is 1. The van der Waals surface area contributed by atoms with Gasteiger partial charge in [-0.05, 0) is 23.5 Å². The third kappa shape index (κ3) is 5.64. The summed E-state index contributed by atoms with van der Waals surface area (Å²) in [6, 6.07) is 7.42. The van der Waals surface area contributed by atoms with Crippen molar-refractivity contribution < 1.29 is 17.9 Å². The number of carbonyl (C=O) groups excluding carboxylic acids is 1. The average molecular weight is 409 g/mol. The number of hydrogen-bond acceptors (Lipinski definition) is 6. The predicted octanol–water partition coefficient (Wildman–Crippen LogP) is 4.64. The number of sulfonamides is 1. The van der Waals surface area contributed by atoms with Crippen LogP contribution in [0.1, 0.15) is 55.9 Å². The molecule has 1 heterocycles. The zero-order chi connectivity index (χ0) is 20.0. The van der Waals surface area contributed by atoms with Gasteiger partial charge in [-0.15, -0.1) is 6.58 Å². The molecule has 0 radical (unpaired) electrons. The highest BCUT2D eigenvalue weighted by molar-refractivity contribution is 7.93. The molecule has 0 aliphatic heterocycles. The summed E-state index contributed by atoms with van der Waals surface area (Å²) >= 11 is 0.965. The average Bonchev–Trinajstić information content (AvgIpc) is 3.01. The Morgan fingerprint density at radius 3 is 2.48 bits per heavy atom. The van der Waals surface area contributed by atoms with Crippen LogP contribution in [0.2, 0.25) is 0 Å². The number of hydrogen-bond donors (Lipinski definition) is 1. The Bertz CT molecular complexity index is 887. The maximum Gasteiger partial charge on any atom is 0.312 e. The fourth-order valence-electron chi connectivity index (χ4n) is 2.42. The molecular formula is C19H24N2O4S2. The minimum atomic E-state index is -3.80. The summed E-state index contributed by atoms with van der Waals surface area (Å²) in [4.78, 5) is 15.5. The molecule has 1 aromatic heterocycles. The van der Waals surface area contributed by atoms with Crippen LogP contribution in [0.3, 0.4) is 0 Å². The van der Waals surface area contributed by atoms with Gasteiger partial charge in [-0.25, -0.2) is 13.4 Å². The van der Waals surface area contributed by atoms with Crippen LogP contribution in [-0.2, 0) is 14.8 Å². The highest BCUT2D eigenvalue weighted by Gasteiger charge is 2.26. The predicted molar refractivity (Wildman–Crippen MR) is 109 cm³/mol. The number of aromatic nitrogens is 1. The van der Waals surface area contributed by atoms with Crippen molar-refractivity contribution in [2.45, 2.75) is 44.8 Å². The molecule has 0 amide bonds. The Morgan fingerprint density at radius 2 is 1.93 bits per heavy atom. The summed E-state index contributed by atoms with van der Waals surface area (Å²) in [6.45, 7) is 9.68. The second-order valence-corrected chi connectivity index (χ2v) is 9.13. The Labute approximate surface area is 164 Å². The first kappa shape index (κ1) is 21.1. The lowest BCUT2D eigenvalue weighted by Crippen LogP contribution is -2.20. The van der Waals surface area contributed by atoms with Gasteiger partial charge in [0.15, 0.2) is 5.13 Å². The third-order valence-corrected chi connectivity index (χ3v) is 6.39. The van der Waals surface area contributed by atoms with E-state index in [1.54, 1.807) is 12.1 Å². The zero-order valence-electron chi connectivity index (χ0n) is 15.6. The second kappa shape index (κ2) is 9.14. The van der Waals surface area contributed by atoms with Gasteiger partial charge in [0.05, 0.1) is 6.20 Å². The van der Waals surface area contributed by atoms with Gasteiger partial charge in [-0.1, -0.05) is 62.4 Å². The van der Waals surface area contributed by atoms with E-state index in [1.165, 1.54) is 12.3 Å². The minimum absolute atomic E-state index is 0.139. The number of anilines is 1. The van der Waals surface area contributed by atoms with E-state index in [1.807, 2.05) is 19.1 Å². The Hall–Kier alpha value is -2.19. The first-order valence-corrected chi connectivity index (χ1v) is 11.0. The van der Waals surface area contributed by atoms with E-state index in [2.05, 4.69) is 30.1 Å². The lowest BCUT2D eigenvalue weighted by atomic mass is 10.0. The summed E-state index contributed by atoms with van der Waals surface area (Å²) in [5, 5.41) is -0.531. The van der Waals surface area contributed by atoms with Crippen molar-refractivity contribution in [2.24, 2.45) is 0 Å². The molecule has 2 rings (SSSR count). The summed E-state index contributed by atoms with van der Waals surface area (Å²) in [5.74, 6) is -0.00936. The molecule has 1 atom stereocenters. The van der Waals surface area contributed by atoms with E-state index >= 15 is 0 Å². The van der Waals surface area contributed by atoms with Gasteiger partial charge in [0.2, 0.25) is 15.1 Å². The van der Waals surface area contributed by atoms with Crippen molar-refractivity contribution in [3.05, 3.63) is 54.2 Å². The molecule has 1 aromatic carbocycles. The Morgan fingerprint density at radius 1 is 1.30 bits per heavy atom. The molecule has 0 aliphatic rings. The zero-order valence-corrected chi connectivity index (χ0v) is 17.3. The highest BCUT2D eigenvalue weighted by atomic mass is 32.2. The van der Waals surface area contributed by atoms with Gasteiger partial charge in [-0.2, -0.15) is 0 Å². The maximum atomic E-state index is 12.8. The minimum Gasteiger partial charge on any atom is -0.414 e. The molecule has 6 nitrogen and oxygen atoms in total. The molecule has 0 bridgehead atoms. The van der Waals surface area contributed by atoms with Gasteiger partial charge in [0.25, 0.3) is 0 Å². The normalized spacial score (nSPS) is 12.6. The highest BCUT2D eigenvalue weighted by Crippen LogP contribution is 2.31. The van der Waals surface area contributed by atoms with E-state index in [-0.39, 0.29) is 16.2 Å². The van der Waals surface area contributed by atoms with Gasteiger partial charge in [-0.3, -0.25) is 9.52 Å². The molecule has 1 unspecified atom stereocenters. The number of nitrogens with zero attached hydrogens (tertiary/aromatic N) is 1. The van der Waals surface area contributed by atoms with Crippen molar-refractivity contribution in [3.63, 3.8) is 0 Å². The van der Waals surface area contributed by atoms with Gasteiger partial charge in [0, 0.05) is 6.42 Å². The molecular weight excluding hydrogens is 384 g/mol. The van der Waals surface area contributed by atoms with Crippen LogP contribution < -0.4 is 9.46 Å². The molecule has 0 fully saturated rings. The molecule has 0 aliphatic carbocycles. The molecule has 0 saturated heterocycles. The number of nitrogens with one attached hydrogen (secondary N) is 1. The fraction of sp³-hybridized carbons (Fsp3) is 0.368. The number of ether oxygens (including phenoxy) is 1. The standard InChI is InChI=1S/C19H24N2O4S2/c1-5-7-17(22)25-18-12-20-19(26-18)21-27(23,24)16(6-2)15-10-8-14(9-11-15)13(3)4/h6,8-13,16H,2,5,7H2,1,3-4H3,(H,20,21). The molecule has 1 N–H and O–H groups in total. The van der Waals surface area contributed by atoms with Crippen molar-refractivity contribution in [1.82, 2.24) is 4.98 Å². The number of esters is 1. The van der Waals surface area contributed by atoms with E-state index in [0.29, 0.717) is 24.3 Å². The van der Waals surface area contributed by atoms with Crippen LogP contribution >= 0.6 is 11.3 Å². The molecule has 27 heavy (non-hydrogen) atoms. The monoisotopic (exact) mass is 408 g/mol. The number of rotatable bonds is 9. The third-order valence-electron chi connectivity index (χ3n) is 3.86. The van der Waals surface area contributed by atoms with Crippen molar-refractivity contribution in [3.8, 4) is 5.06 Å². The van der Waals surface area contributed by atoms with E-state index in [9.17, 15) is 13.2 Å². The fourth-order valence-corrected chi connectivity index (χ4v) is 4.66. The van der Waals surface area contributed by atoms with Crippen LogP contribution in [0.4, 0.5) is 5.13 Å². The Kier molecular flexibility index (Phi) is 7.15. The van der Waals surface area contributed by atoms with Gasteiger partial charge >= 0.3 is 5.97 Å². The first-order valence-electron chi connectivity index (χ1n) is 8.67. The molecule has 146 valence electrons. The molecule has 0 saturated carbocycles.